The van der Waals surface area contributed by atoms with Crippen LogP contribution >= 0.6 is 0 Å². The Morgan fingerprint density at radius 1 is 1.30 bits per heavy atom. The molecule has 2 amide bonds. The molecule has 3 atom stereocenters. The van der Waals surface area contributed by atoms with Crippen LogP contribution in [0.2, 0.25) is 0 Å². The molecule has 146 valence electrons. The van der Waals surface area contributed by atoms with Gasteiger partial charge in [0.25, 0.3) is 0 Å². The van der Waals surface area contributed by atoms with Crippen LogP contribution < -0.4 is 5.32 Å². The Balaban J connectivity index is 1.50. The molecule has 2 N–H and O–H groups in total. The number of carboxylic acid groups (broad SMARTS) is 1. The molecule has 1 saturated heterocycles. The number of hydrogen-bond acceptors (Lipinski definition) is 4. The van der Waals surface area contributed by atoms with Gasteiger partial charge in [0.2, 0.25) is 0 Å². The van der Waals surface area contributed by atoms with Crippen LogP contribution in [0.1, 0.15) is 36.5 Å². The summed E-state index contributed by atoms with van der Waals surface area (Å²) in [5.74, 6) is -1.17. The number of rotatable bonds is 4. The molecule has 1 fully saturated rings. The van der Waals surface area contributed by atoms with Crippen LogP contribution in [0.5, 0.6) is 0 Å². The van der Waals surface area contributed by atoms with Crippen molar-refractivity contribution in [2.45, 2.75) is 39.7 Å². The highest BCUT2D eigenvalue weighted by Gasteiger charge is 2.32. The summed E-state index contributed by atoms with van der Waals surface area (Å²) in [6.45, 7) is 7.28. The monoisotopic (exact) mass is 373 g/mol. The van der Waals surface area contributed by atoms with Gasteiger partial charge in [-0.3, -0.25) is 4.79 Å². The molecule has 2 aliphatic rings. The zero-order chi connectivity index (χ0) is 19.6. The fraction of sp³-hybridized carbons (Fsp3) is 0.550. The van der Waals surface area contributed by atoms with Crippen LogP contribution in [0.15, 0.2) is 23.4 Å². The zero-order valence-electron chi connectivity index (χ0n) is 16.1. The molecule has 7 nitrogen and oxygen atoms in total. The molecule has 2 heterocycles. The molecule has 0 aliphatic carbocycles. The Morgan fingerprint density at radius 3 is 2.78 bits per heavy atom. The summed E-state index contributed by atoms with van der Waals surface area (Å²) >= 11 is 0. The van der Waals surface area contributed by atoms with Crippen molar-refractivity contribution < 1.29 is 19.5 Å². The molecule has 0 bridgehead atoms. The second-order valence-corrected chi connectivity index (χ2v) is 7.74. The SMILES string of the molecule is Cc1ccc(C2=NOC(CNC(=O)N3CC(C)CC(C(=O)O)C3)C2)cc1C. The van der Waals surface area contributed by atoms with Crippen LogP contribution in [-0.2, 0) is 9.63 Å². The lowest BCUT2D eigenvalue weighted by atomic mass is 9.91. The first kappa shape index (κ1) is 19.2. The number of piperidine rings is 1. The fourth-order valence-electron chi connectivity index (χ4n) is 3.64. The minimum atomic E-state index is -0.843. The van der Waals surface area contributed by atoms with E-state index in [1.807, 2.05) is 13.0 Å². The molecule has 1 aromatic carbocycles. The van der Waals surface area contributed by atoms with E-state index in [9.17, 15) is 14.7 Å². The van der Waals surface area contributed by atoms with Gasteiger partial charge in [-0.15, -0.1) is 0 Å². The van der Waals surface area contributed by atoms with Gasteiger partial charge in [-0.1, -0.05) is 24.2 Å². The van der Waals surface area contributed by atoms with Crippen molar-refractivity contribution >= 4 is 17.7 Å². The van der Waals surface area contributed by atoms with E-state index in [1.165, 1.54) is 11.1 Å². The average molecular weight is 373 g/mol. The Hall–Kier alpha value is -2.57. The smallest absolute Gasteiger partial charge is 0.317 e. The van der Waals surface area contributed by atoms with Crippen LogP contribution in [0.25, 0.3) is 0 Å². The van der Waals surface area contributed by atoms with Crippen molar-refractivity contribution in [3.8, 4) is 0 Å². The number of urea groups is 1. The van der Waals surface area contributed by atoms with Crippen molar-refractivity contribution in [2.75, 3.05) is 19.6 Å². The summed E-state index contributed by atoms with van der Waals surface area (Å²) < 4.78 is 0. The van der Waals surface area contributed by atoms with Crippen LogP contribution in [0.4, 0.5) is 4.79 Å². The van der Waals surface area contributed by atoms with Crippen molar-refractivity contribution in [3.63, 3.8) is 0 Å². The van der Waals surface area contributed by atoms with Gasteiger partial charge < -0.3 is 20.2 Å². The van der Waals surface area contributed by atoms with Crippen molar-refractivity contribution in [1.82, 2.24) is 10.2 Å². The van der Waals surface area contributed by atoms with Crippen LogP contribution in [0.3, 0.4) is 0 Å². The lowest BCUT2D eigenvalue weighted by Gasteiger charge is -2.34. The highest BCUT2D eigenvalue weighted by molar-refractivity contribution is 6.01. The van der Waals surface area contributed by atoms with Crippen molar-refractivity contribution in [2.24, 2.45) is 17.0 Å². The number of nitrogens with one attached hydrogen (secondary N) is 1. The average Bonchev–Trinajstić information content (AvgIpc) is 3.10. The number of carbonyl (C=O) groups is 2. The lowest BCUT2D eigenvalue weighted by Crippen LogP contribution is -2.50. The number of likely N-dealkylation sites (tertiary alicyclic amines) is 1. The van der Waals surface area contributed by atoms with Gasteiger partial charge in [0.15, 0.2) is 6.10 Å². The van der Waals surface area contributed by atoms with Crippen molar-refractivity contribution in [1.29, 1.82) is 0 Å². The molecule has 1 aromatic rings. The minimum Gasteiger partial charge on any atom is -0.481 e. The van der Waals surface area contributed by atoms with Gasteiger partial charge in [0, 0.05) is 19.5 Å². The lowest BCUT2D eigenvalue weighted by molar-refractivity contribution is -0.143. The summed E-state index contributed by atoms with van der Waals surface area (Å²) in [5.41, 5.74) is 4.37. The molecule has 0 aromatic heterocycles. The van der Waals surface area contributed by atoms with E-state index in [1.54, 1.807) is 4.90 Å². The normalized spacial score (nSPS) is 24.9. The van der Waals surface area contributed by atoms with Gasteiger partial charge in [0.1, 0.15) is 0 Å². The quantitative estimate of drug-likeness (QED) is 0.848. The first-order chi connectivity index (χ1) is 12.8. The van der Waals surface area contributed by atoms with E-state index in [-0.39, 0.29) is 24.6 Å². The number of hydrogen-bond donors (Lipinski definition) is 2. The molecule has 7 heteroatoms. The molecule has 27 heavy (non-hydrogen) atoms. The zero-order valence-corrected chi connectivity index (χ0v) is 16.1. The minimum absolute atomic E-state index is 0.174. The van der Waals surface area contributed by atoms with Crippen LogP contribution in [-0.4, -0.2) is 53.5 Å². The predicted octanol–water partition coefficient (Wildman–Crippen LogP) is 2.55. The number of nitrogens with zero attached hydrogens (tertiary/aromatic N) is 2. The molecule has 0 radical (unpaired) electrons. The van der Waals surface area contributed by atoms with E-state index >= 15 is 0 Å². The maximum atomic E-state index is 12.4. The standard InChI is InChI=1S/C20H27N3O4/c1-12-6-16(19(24)25)11-23(10-12)20(26)21-9-17-8-18(22-27-17)15-5-4-13(2)14(3)7-15/h4-5,7,12,16-17H,6,8-11H2,1-3H3,(H,21,26)(H,24,25). The number of amides is 2. The molecule has 0 spiro atoms. The van der Waals surface area contributed by atoms with Gasteiger partial charge in [-0.25, -0.2) is 4.79 Å². The highest BCUT2D eigenvalue weighted by Crippen LogP contribution is 2.22. The van der Waals surface area contributed by atoms with Gasteiger partial charge >= 0.3 is 12.0 Å². The molecule has 0 saturated carbocycles. The van der Waals surface area contributed by atoms with E-state index in [0.29, 0.717) is 25.9 Å². The second kappa shape index (κ2) is 7.98. The van der Waals surface area contributed by atoms with E-state index in [2.05, 4.69) is 36.5 Å². The molecule has 3 rings (SSSR count). The molecular formula is C20H27N3O4. The van der Waals surface area contributed by atoms with E-state index in [0.717, 1.165) is 11.3 Å². The molecule has 2 aliphatic heterocycles. The summed E-state index contributed by atoms with van der Waals surface area (Å²) in [6.07, 6.45) is 1.04. The van der Waals surface area contributed by atoms with Gasteiger partial charge in [-0.05, 0) is 48.9 Å². The Bertz CT molecular complexity index is 762. The number of oxime groups is 1. The van der Waals surface area contributed by atoms with E-state index < -0.39 is 11.9 Å². The van der Waals surface area contributed by atoms with E-state index in [4.69, 9.17) is 4.84 Å². The Kier molecular flexibility index (Phi) is 5.68. The Morgan fingerprint density at radius 2 is 2.07 bits per heavy atom. The largest absolute Gasteiger partial charge is 0.481 e. The number of aliphatic carboxylic acids is 1. The van der Waals surface area contributed by atoms with Crippen LogP contribution in [0, 0.1) is 25.7 Å². The fourth-order valence-corrected chi connectivity index (χ4v) is 3.64. The number of aryl methyl sites for hydroxylation is 2. The predicted molar refractivity (Wildman–Crippen MR) is 102 cm³/mol. The summed E-state index contributed by atoms with van der Waals surface area (Å²) in [4.78, 5) is 30.7. The first-order valence-electron chi connectivity index (χ1n) is 9.39. The summed E-state index contributed by atoms with van der Waals surface area (Å²) in [5, 5.41) is 16.3. The number of benzene rings is 1. The topological polar surface area (TPSA) is 91.2 Å². The highest BCUT2D eigenvalue weighted by atomic mass is 16.6. The third kappa shape index (κ3) is 4.59. The first-order valence-corrected chi connectivity index (χ1v) is 9.39. The molecular weight excluding hydrogens is 346 g/mol. The van der Waals surface area contributed by atoms with Gasteiger partial charge in [-0.2, -0.15) is 0 Å². The third-order valence-corrected chi connectivity index (χ3v) is 5.35. The third-order valence-electron chi connectivity index (χ3n) is 5.35. The van der Waals surface area contributed by atoms with Crippen molar-refractivity contribution in [3.05, 3.63) is 34.9 Å². The summed E-state index contributed by atoms with van der Waals surface area (Å²) in [7, 11) is 0. The summed E-state index contributed by atoms with van der Waals surface area (Å²) in [6, 6.07) is 5.96. The Labute approximate surface area is 159 Å². The number of carbonyl (C=O) groups excluding carboxylic acids is 1. The number of carboxylic acids is 1. The van der Waals surface area contributed by atoms with Gasteiger partial charge in [0.05, 0.1) is 18.2 Å². The maximum absolute atomic E-state index is 12.4. The second-order valence-electron chi connectivity index (χ2n) is 7.74. The maximum Gasteiger partial charge on any atom is 0.317 e. The molecule has 3 unspecified atom stereocenters.